The summed E-state index contributed by atoms with van der Waals surface area (Å²) in [6.07, 6.45) is 2.53. The van der Waals surface area contributed by atoms with Gasteiger partial charge in [0.15, 0.2) is 11.6 Å². The first-order valence-corrected chi connectivity index (χ1v) is 8.72. The number of nitrogens with one attached hydrogen (secondary N) is 1. The molecule has 0 unspecified atom stereocenters. The number of carbonyl (C=O) groups is 1. The van der Waals surface area contributed by atoms with Gasteiger partial charge in [-0.1, -0.05) is 13.3 Å². The standard InChI is InChI=1S/C14H20F2N2O3S/c1-4-5-10(2)17-14(19)9-18(22(3,20)21)11-6-7-12(15)13(16)8-11/h6-8,10H,4-5,9H2,1-3H3,(H,17,19)/t10-/m0/s1. The summed E-state index contributed by atoms with van der Waals surface area (Å²) in [5.74, 6) is -2.76. The van der Waals surface area contributed by atoms with E-state index >= 15 is 0 Å². The molecule has 0 saturated heterocycles. The largest absolute Gasteiger partial charge is 0.352 e. The number of anilines is 1. The maximum absolute atomic E-state index is 13.3. The molecule has 0 aliphatic carbocycles. The summed E-state index contributed by atoms with van der Waals surface area (Å²) in [5.41, 5.74) is -0.0975. The van der Waals surface area contributed by atoms with Crippen molar-refractivity contribution in [3.8, 4) is 0 Å². The van der Waals surface area contributed by atoms with Crippen LogP contribution < -0.4 is 9.62 Å². The molecule has 1 rings (SSSR count). The first-order valence-electron chi connectivity index (χ1n) is 6.87. The summed E-state index contributed by atoms with van der Waals surface area (Å²) in [5, 5.41) is 2.67. The predicted molar refractivity (Wildman–Crippen MR) is 81.1 cm³/mol. The summed E-state index contributed by atoms with van der Waals surface area (Å²) < 4.78 is 50.6. The molecule has 124 valence electrons. The van der Waals surface area contributed by atoms with E-state index in [0.29, 0.717) is 0 Å². The van der Waals surface area contributed by atoms with Crippen molar-refractivity contribution in [3.63, 3.8) is 0 Å². The molecular weight excluding hydrogens is 314 g/mol. The molecule has 5 nitrogen and oxygen atoms in total. The van der Waals surface area contributed by atoms with Gasteiger partial charge in [-0.25, -0.2) is 17.2 Å². The molecule has 0 aliphatic rings. The van der Waals surface area contributed by atoms with Crippen LogP contribution >= 0.6 is 0 Å². The van der Waals surface area contributed by atoms with Crippen molar-refractivity contribution in [1.29, 1.82) is 0 Å². The lowest BCUT2D eigenvalue weighted by Gasteiger charge is -2.23. The zero-order chi connectivity index (χ0) is 16.9. The Morgan fingerprint density at radius 2 is 1.95 bits per heavy atom. The van der Waals surface area contributed by atoms with Gasteiger partial charge in [0.1, 0.15) is 6.54 Å². The highest BCUT2D eigenvalue weighted by atomic mass is 32.2. The summed E-state index contributed by atoms with van der Waals surface area (Å²) in [6, 6.07) is 2.59. The van der Waals surface area contributed by atoms with E-state index in [2.05, 4.69) is 5.32 Å². The zero-order valence-electron chi connectivity index (χ0n) is 12.8. The fourth-order valence-electron chi connectivity index (χ4n) is 2.00. The van der Waals surface area contributed by atoms with Gasteiger partial charge < -0.3 is 5.32 Å². The lowest BCUT2D eigenvalue weighted by Crippen LogP contribution is -2.43. The van der Waals surface area contributed by atoms with E-state index in [0.717, 1.165) is 41.6 Å². The highest BCUT2D eigenvalue weighted by Crippen LogP contribution is 2.20. The second kappa shape index (κ2) is 7.53. The van der Waals surface area contributed by atoms with Crippen LogP contribution in [-0.2, 0) is 14.8 Å². The van der Waals surface area contributed by atoms with Crippen molar-refractivity contribution in [2.24, 2.45) is 0 Å². The maximum atomic E-state index is 13.3. The number of amides is 1. The predicted octanol–water partition coefficient (Wildman–Crippen LogP) is 2.04. The third-order valence-corrected chi connectivity index (χ3v) is 4.15. The monoisotopic (exact) mass is 334 g/mol. The molecule has 0 radical (unpaired) electrons. The minimum atomic E-state index is -3.81. The van der Waals surface area contributed by atoms with Crippen LogP contribution in [0.15, 0.2) is 18.2 Å². The van der Waals surface area contributed by atoms with Crippen LogP contribution in [0.2, 0.25) is 0 Å². The van der Waals surface area contributed by atoms with Gasteiger partial charge in [0.2, 0.25) is 15.9 Å². The number of hydrogen-bond donors (Lipinski definition) is 1. The van der Waals surface area contributed by atoms with Crippen LogP contribution in [0.1, 0.15) is 26.7 Å². The van der Waals surface area contributed by atoms with E-state index < -0.39 is 34.1 Å². The quantitative estimate of drug-likeness (QED) is 0.830. The van der Waals surface area contributed by atoms with Crippen molar-refractivity contribution in [3.05, 3.63) is 29.8 Å². The highest BCUT2D eigenvalue weighted by Gasteiger charge is 2.22. The third kappa shape index (κ3) is 5.25. The molecule has 1 aromatic rings. The topological polar surface area (TPSA) is 66.5 Å². The van der Waals surface area contributed by atoms with Crippen LogP contribution in [0.4, 0.5) is 14.5 Å². The molecule has 0 saturated carbocycles. The van der Waals surface area contributed by atoms with E-state index in [1.54, 1.807) is 0 Å². The molecule has 0 fully saturated rings. The van der Waals surface area contributed by atoms with Gasteiger partial charge in [-0.2, -0.15) is 0 Å². The van der Waals surface area contributed by atoms with Crippen molar-refractivity contribution in [2.75, 3.05) is 17.1 Å². The summed E-state index contributed by atoms with van der Waals surface area (Å²) in [6.45, 7) is 3.29. The molecule has 0 aromatic heterocycles. The van der Waals surface area contributed by atoms with Crippen LogP contribution in [-0.4, -0.2) is 33.2 Å². The van der Waals surface area contributed by atoms with Gasteiger partial charge in [0.05, 0.1) is 11.9 Å². The van der Waals surface area contributed by atoms with Crippen LogP contribution in [0.25, 0.3) is 0 Å². The fourth-order valence-corrected chi connectivity index (χ4v) is 2.84. The average molecular weight is 334 g/mol. The molecular formula is C14H20F2N2O3S. The minimum Gasteiger partial charge on any atom is -0.352 e. The molecule has 0 heterocycles. The Hall–Kier alpha value is -1.70. The number of benzene rings is 1. The number of hydrogen-bond acceptors (Lipinski definition) is 3. The molecule has 8 heteroatoms. The summed E-state index contributed by atoms with van der Waals surface area (Å²) in [4.78, 5) is 11.9. The van der Waals surface area contributed by atoms with Gasteiger partial charge in [-0.05, 0) is 25.5 Å². The van der Waals surface area contributed by atoms with Crippen molar-refractivity contribution in [1.82, 2.24) is 5.32 Å². The molecule has 0 aliphatic heterocycles. The summed E-state index contributed by atoms with van der Waals surface area (Å²) >= 11 is 0. The minimum absolute atomic E-state index is 0.0936. The lowest BCUT2D eigenvalue weighted by atomic mass is 10.2. The SMILES string of the molecule is CCC[C@H](C)NC(=O)CN(c1ccc(F)c(F)c1)S(C)(=O)=O. The number of rotatable bonds is 7. The molecule has 0 bridgehead atoms. The van der Waals surface area contributed by atoms with E-state index in [4.69, 9.17) is 0 Å². The Morgan fingerprint density at radius 1 is 1.32 bits per heavy atom. The molecule has 1 N–H and O–H groups in total. The fraction of sp³-hybridized carbons (Fsp3) is 0.500. The van der Waals surface area contributed by atoms with Crippen LogP contribution in [0.3, 0.4) is 0 Å². The maximum Gasteiger partial charge on any atom is 0.240 e. The molecule has 0 spiro atoms. The van der Waals surface area contributed by atoms with Crippen LogP contribution in [0, 0.1) is 11.6 Å². The second-order valence-corrected chi connectivity index (χ2v) is 7.03. The van der Waals surface area contributed by atoms with E-state index in [9.17, 15) is 22.0 Å². The van der Waals surface area contributed by atoms with Crippen molar-refractivity contribution in [2.45, 2.75) is 32.7 Å². The molecule has 1 atom stereocenters. The lowest BCUT2D eigenvalue weighted by molar-refractivity contribution is -0.120. The first kappa shape index (κ1) is 18.3. The van der Waals surface area contributed by atoms with Crippen molar-refractivity contribution >= 4 is 21.6 Å². The average Bonchev–Trinajstić information content (AvgIpc) is 2.38. The smallest absolute Gasteiger partial charge is 0.240 e. The third-order valence-electron chi connectivity index (χ3n) is 3.01. The molecule has 1 amide bonds. The number of sulfonamides is 1. The number of halogens is 2. The van der Waals surface area contributed by atoms with Gasteiger partial charge >= 0.3 is 0 Å². The Labute approximate surface area is 129 Å². The normalized spacial score (nSPS) is 12.8. The van der Waals surface area contributed by atoms with E-state index in [1.165, 1.54) is 0 Å². The highest BCUT2D eigenvalue weighted by molar-refractivity contribution is 7.92. The van der Waals surface area contributed by atoms with E-state index in [-0.39, 0.29) is 11.7 Å². The number of nitrogens with zero attached hydrogens (tertiary/aromatic N) is 1. The Balaban J connectivity index is 2.95. The Morgan fingerprint density at radius 3 is 2.45 bits per heavy atom. The Bertz CT molecular complexity index is 635. The molecule has 22 heavy (non-hydrogen) atoms. The van der Waals surface area contributed by atoms with Gasteiger partial charge in [-0.15, -0.1) is 0 Å². The van der Waals surface area contributed by atoms with Crippen molar-refractivity contribution < 1.29 is 22.0 Å². The summed E-state index contributed by atoms with van der Waals surface area (Å²) in [7, 11) is -3.81. The van der Waals surface area contributed by atoms with Crippen LogP contribution in [0.5, 0.6) is 0 Å². The molecule has 1 aromatic carbocycles. The van der Waals surface area contributed by atoms with Gasteiger partial charge in [0.25, 0.3) is 0 Å². The van der Waals surface area contributed by atoms with E-state index in [1.807, 2.05) is 13.8 Å². The zero-order valence-corrected chi connectivity index (χ0v) is 13.6. The number of carbonyl (C=O) groups excluding carboxylic acids is 1. The second-order valence-electron chi connectivity index (χ2n) is 5.13. The Kier molecular flexibility index (Phi) is 6.28. The van der Waals surface area contributed by atoms with Gasteiger partial charge in [-0.3, -0.25) is 9.10 Å². The van der Waals surface area contributed by atoms with Gasteiger partial charge in [0, 0.05) is 12.1 Å². The first-order chi connectivity index (χ1) is 10.1.